The smallest absolute Gasteiger partial charge is 0.394 e. The number of nitrogens with one attached hydrogen (secondary N) is 2. The summed E-state index contributed by atoms with van der Waals surface area (Å²) >= 11 is 0. The first-order chi connectivity index (χ1) is 11.6. The van der Waals surface area contributed by atoms with Crippen molar-refractivity contribution >= 4 is 16.6 Å². The van der Waals surface area contributed by atoms with Crippen LogP contribution in [0.25, 0.3) is 10.9 Å². The average molecular weight is 356 g/mol. The summed E-state index contributed by atoms with van der Waals surface area (Å²) in [7, 11) is 0. The van der Waals surface area contributed by atoms with E-state index in [0.717, 1.165) is 0 Å². The molecule has 1 aliphatic rings. The Morgan fingerprint density at radius 3 is 2.64 bits per heavy atom. The van der Waals surface area contributed by atoms with Crippen molar-refractivity contribution in [1.29, 1.82) is 0 Å². The van der Waals surface area contributed by atoms with Gasteiger partial charge >= 0.3 is 6.18 Å². The van der Waals surface area contributed by atoms with E-state index >= 15 is 0 Å². The van der Waals surface area contributed by atoms with Gasteiger partial charge in [0.15, 0.2) is 0 Å². The number of halogens is 3. The minimum Gasteiger partial charge on any atom is -0.394 e. The number of pyridine rings is 1. The van der Waals surface area contributed by atoms with Gasteiger partial charge in [0.2, 0.25) is 5.56 Å². The number of hydrogen-bond donors (Lipinski definition) is 4. The minimum atomic E-state index is -4.66. The van der Waals surface area contributed by atoms with Crippen LogP contribution in [0.15, 0.2) is 23.0 Å². The van der Waals surface area contributed by atoms with E-state index in [4.69, 9.17) is 5.11 Å². The van der Waals surface area contributed by atoms with Gasteiger partial charge in [-0.15, -0.1) is 0 Å². The molecular weight excluding hydrogens is 337 g/mol. The third kappa shape index (κ3) is 2.89. The highest BCUT2D eigenvalue weighted by Gasteiger charge is 2.44. The summed E-state index contributed by atoms with van der Waals surface area (Å²) in [4.78, 5) is 14.1. The third-order valence-corrected chi connectivity index (χ3v) is 5.03. The lowest BCUT2D eigenvalue weighted by Crippen LogP contribution is -2.39. The molecule has 0 bridgehead atoms. The quantitative estimate of drug-likeness (QED) is 0.681. The van der Waals surface area contributed by atoms with Crippen LogP contribution in [0.1, 0.15) is 37.3 Å². The number of fused-ring (bicyclic) bond motifs is 3. The SMILES string of the molecule is CC1c2c(ccc3[nH]c(=O)cc(C(F)(F)F)c23)NC1(C)CC(O)CO. The summed E-state index contributed by atoms with van der Waals surface area (Å²) in [5.41, 5.74) is -1.39. The van der Waals surface area contributed by atoms with Crippen molar-refractivity contribution in [3.63, 3.8) is 0 Å². The molecule has 1 aliphatic heterocycles. The zero-order valence-corrected chi connectivity index (χ0v) is 13.7. The maximum absolute atomic E-state index is 13.5. The number of anilines is 1. The molecule has 2 heterocycles. The molecule has 0 radical (unpaired) electrons. The summed E-state index contributed by atoms with van der Waals surface area (Å²) in [5.74, 6) is -0.376. The molecule has 2 aromatic rings. The van der Waals surface area contributed by atoms with Crippen molar-refractivity contribution in [1.82, 2.24) is 4.98 Å². The molecule has 136 valence electrons. The topological polar surface area (TPSA) is 85.4 Å². The zero-order chi connectivity index (χ0) is 18.6. The molecule has 4 N–H and O–H groups in total. The Morgan fingerprint density at radius 1 is 1.36 bits per heavy atom. The summed E-state index contributed by atoms with van der Waals surface area (Å²) in [5, 5.41) is 22.0. The number of aromatic amines is 1. The first-order valence-corrected chi connectivity index (χ1v) is 7.91. The van der Waals surface area contributed by atoms with Gasteiger partial charge in [-0.05, 0) is 31.0 Å². The van der Waals surface area contributed by atoms with Crippen LogP contribution in [0.3, 0.4) is 0 Å². The van der Waals surface area contributed by atoms with E-state index < -0.39 is 35.5 Å². The normalized spacial score (nSPS) is 24.2. The van der Waals surface area contributed by atoms with Crippen LogP contribution in [0.2, 0.25) is 0 Å². The first kappa shape index (κ1) is 17.8. The molecule has 25 heavy (non-hydrogen) atoms. The van der Waals surface area contributed by atoms with Crippen molar-refractivity contribution in [3.8, 4) is 0 Å². The lowest BCUT2D eigenvalue weighted by atomic mass is 9.80. The number of rotatable bonds is 3. The van der Waals surface area contributed by atoms with E-state index in [-0.39, 0.29) is 23.2 Å². The summed E-state index contributed by atoms with van der Waals surface area (Å²) in [6.07, 6.45) is -5.47. The van der Waals surface area contributed by atoms with Crippen molar-refractivity contribution in [2.45, 2.75) is 44.0 Å². The number of aromatic nitrogens is 1. The number of H-pyrrole nitrogens is 1. The highest BCUT2D eigenvalue weighted by molar-refractivity contribution is 5.93. The second-order valence-electron chi connectivity index (χ2n) is 6.80. The van der Waals surface area contributed by atoms with Gasteiger partial charge in [0, 0.05) is 34.1 Å². The fraction of sp³-hybridized carbons (Fsp3) is 0.471. The van der Waals surface area contributed by atoms with Gasteiger partial charge < -0.3 is 20.5 Å². The Morgan fingerprint density at radius 2 is 2.04 bits per heavy atom. The molecule has 1 aromatic heterocycles. The second-order valence-corrected chi connectivity index (χ2v) is 6.80. The lowest BCUT2D eigenvalue weighted by Gasteiger charge is -2.32. The summed E-state index contributed by atoms with van der Waals surface area (Å²) in [6.45, 7) is 3.14. The predicted molar refractivity (Wildman–Crippen MR) is 87.7 cm³/mol. The molecule has 0 saturated heterocycles. The van der Waals surface area contributed by atoms with Crippen LogP contribution >= 0.6 is 0 Å². The Bertz CT molecular complexity index is 878. The largest absolute Gasteiger partial charge is 0.417 e. The van der Waals surface area contributed by atoms with Crippen LogP contribution in [-0.4, -0.2) is 33.4 Å². The van der Waals surface area contributed by atoms with Crippen LogP contribution in [-0.2, 0) is 6.18 Å². The summed E-state index contributed by atoms with van der Waals surface area (Å²) in [6, 6.07) is 3.65. The fourth-order valence-corrected chi connectivity index (χ4v) is 3.68. The van der Waals surface area contributed by atoms with Crippen molar-refractivity contribution < 1.29 is 23.4 Å². The van der Waals surface area contributed by atoms with Gasteiger partial charge in [-0.25, -0.2) is 0 Å². The molecule has 1 aromatic carbocycles. The van der Waals surface area contributed by atoms with Crippen LogP contribution in [0.5, 0.6) is 0 Å². The monoisotopic (exact) mass is 356 g/mol. The van der Waals surface area contributed by atoms with E-state index in [1.54, 1.807) is 19.9 Å². The van der Waals surface area contributed by atoms with E-state index in [1.165, 1.54) is 6.07 Å². The van der Waals surface area contributed by atoms with Crippen LogP contribution in [0, 0.1) is 0 Å². The summed E-state index contributed by atoms with van der Waals surface area (Å²) < 4.78 is 40.5. The number of alkyl halides is 3. The average Bonchev–Trinajstić information content (AvgIpc) is 2.76. The van der Waals surface area contributed by atoms with E-state index in [0.29, 0.717) is 17.3 Å². The van der Waals surface area contributed by atoms with E-state index in [2.05, 4.69) is 10.3 Å². The second kappa shape index (κ2) is 5.74. The Hall–Kier alpha value is -2.06. The number of benzene rings is 1. The third-order valence-electron chi connectivity index (χ3n) is 5.03. The van der Waals surface area contributed by atoms with Gasteiger partial charge in [0.1, 0.15) is 0 Å². The first-order valence-electron chi connectivity index (χ1n) is 7.91. The number of aliphatic hydroxyl groups excluding tert-OH is 2. The number of hydrogen-bond acceptors (Lipinski definition) is 4. The molecule has 0 amide bonds. The molecule has 5 nitrogen and oxygen atoms in total. The van der Waals surface area contributed by atoms with Crippen molar-refractivity contribution in [3.05, 3.63) is 39.7 Å². The Labute approximate surface area is 141 Å². The minimum absolute atomic E-state index is 0.0354. The van der Waals surface area contributed by atoms with Gasteiger partial charge in [0.05, 0.1) is 18.3 Å². The molecule has 0 fully saturated rings. The van der Waals surface area contributed by atoms with Crippen LogP contribution < -0.4 is 10.9 Å². The van der Waals surface area contributed by atoms with E-state index in [9.17, 15) is 23.1 Å². The van der Waals surface area contributed by atoms with E-state index in [1.807, 2.05) is 0 Å². The van der Waals surface area contributed by atoms with Crippen molar-refractivity contribution in [2.24, 2.45) is 0 Å². The molecule has 0 saturated carbocycles. The molecule has 0 spiro atoms. The molecule has 3 rings (SSSR count). The van der Waals surface area contributed by atoms with Gasteiger partial charge in [-0.3, -0.25) is 4.79 Å². The van der Waals surface area contributed by atoms with Crippen molar-refractivity contribution in [2.75, 3.05) is 11.9 Å². The highest BCUT2D eigenvalue weighted by atomic mass is 19.4. The molecule has 8 heteroatoms. The maximum Gasteiger partial charge on any atom is 0.417 e. The molecule has 3 unspecified atom stereocenters. The fourth-order valence-electron chi connectivity index (χ4n) is 3.68. The van der Waals surface area contributed by atoms with Gasteiger partial charge in [-0.1, -0.05) is 6.92 Å². The Balaban J connectivity index is 2.25. The van der Waals surface area contributed by atoms with Gasteiger partial charge in [0.25, 0.3) is 0 Å². The molecule has 0 aliphatic carbocycles. The number of aliphatic hydroxyl groups is 2. The zero-order valence-electron chi connectivity index (χ0n) is 13.7. The maximum atomic E-state index is 13.5. The van der Waals surface area contributed by atoms with Gasteiger partial charge in [-0.2, -0.15) is 13.2 Å². The van der Waals surface area contributed by atoms with Crippen LogP contribution in [0.4, 0.5) is 18.9 Å². The highest BCUT2D eigenvalue weighted by Crippen LogP contribution is 2.49. The lowest BCUT2D eigenvalue weighted by molar-refractivity contribution is -0.136. The standard InChI is InChI=1S/C17H19F3N2O3/c1-8-14-12(22-16(8,2)6-9(24)7-23)4-3-11-15(14)10(17(18,19)20)5-13(25)21-11/h3-5,8-9,22-24H,6-7H2,1-2H3,(H,21,25). The molecular formula is C17H19F3N2O3. The molecule has 3 atom stereocenters. The predicted octanol–water partition coefficient (Wildman–Crippen LogP) is 2.58. The Kier molecular flexibility index (Phi) is 4.08.